The Bertz CT molecular complexity index is 248. The molecule has 72 valence electrons. The van der Waals surface area contributed by atoms with E-state index >= 15 is 0 Å². The summed E-state index contributed by atoms with van der Waals surface area (Å²) in [5.74, 6) is -0.0642. The van der Waals surface area contributed by atoms with Gasteiger partial charge >= 0.3 is 0 Å². The van der Waals surface area contributed by atoms with Crippen LogP contribution in [0.5, 0.6) is 0 Å². The van der Waals surface area contributed by atoms with Gasteiger partial charge in [-0.1, -0.05) is 6.58 Å². The van der Waals surface area contributed by atoms with Crippen molar-refractivity contribution in [2.45, 2.75) is 18.8 Å². The minimum atomic E-state index is -0.702. The van der Waals surface area contributed by atoms with Crippen LogP contribution in [0.2, 0.25) is 0 Å². The molecule has 2 fully saturated rings. The Balaban J connectivity index is 2.10. The van der Waals surface area contributed by atoms with Gasteiger partial charge in [-0.25, -0.2) is 0 Å². The molecule has 0 spiro atoms. The minimum absolute atomic E-state index is 0.00435. The molecule has 0 aliphatic carbocycles. The van der Waals surface area contributed by atoms with Crippen molar-refractivity contribution in [1.82, 2.24) is 0 Å². The number of Topliss-reactive ketones (excluding diaryl/α,β-unsaturated/α-hetero) is 1. The van der Waals surface area contributed by atoms with Crippen molar-refractivity contribution < 1.29 is 19.4 Å². The van der Waals surface area contributed by atoms with E-state index in [2.05, 4.69) is 6.58 Å². The molecule has 2 saturated heterocycles. The van der Waals surface area contributed by atoms with E-state index in [0.29, 0.717) is 13.0 Å². The normalized spacial score (nSPS) is 39.3. The molecule has 0 radical (unpaired) electrons. The summed E-state index contributed by atoms with van der Waals surface area (Å²) >= 11 is 0. The molecule has 0 aromatic heterocycles. The minimum Gasteiger partial charge on any atom is -0.393 e. The molecule has 0 saturated carbocycles. The van der Waals surface area contributed by atoms with Crippen LogP contribution in [-0.2, 0) is 14.3 Å². The fourth-order valence-electron chi connectivity index (χ4n) is 1.71. The zero-order chi connectivity index (χ0) is 9.42. The lowest BCUT2D eigenvalue weighted by molar-refractivity contribution is -0.194. The molecule has 0 aromatic rings. The van der Waals surface area contributed by atoms with Crippen LogP contribution in [0, 0.1) is 5.92 Å². The second kappa shape index (κ2) is 3.21. The van der Waals surface area contributed by atoms with Crippen molar-refractivity contribution in [1.29, 1.82) is 0 Å². The van der Waals surface area contributed by atoms with Gasteiger partial charge in [0.1, 0.15) is 6.10 Å². The Hall–Kier alpha value is -0.710. The summed E-state index contributed by atoms with van der Waals surface area (Å²) in [5.41, 5.74) is 0.912. The highest BCUT2D eigenvalue weighted by atomic mass is 16.7. The predicted octanol–water partition coefficient (Wildman–Crippen LogP) is -0.135. The van der Waals surface area contributed by atoms with Crippen LogP contribution in [-0.4, -0.2) is 36.5 Å². The summed E-state index contributed by atoms with van der Waals surface area (Å²) in [6.45, 7) is 4.00. The van der Waals surface area contributed by atoms with Crippen LogP contribution in [0.15, 0.2) is 12.2 Å². The Morgan fingerprint density at radius 1 is 1.62 bits per heavy atom. The Morgan fingerprint density at radius 3 is 3.08 bits per heavy atom. The largest absolute Gasteiger partial charge is 0.393 e. The van der Waals surface area contributed by atoms with Crippen LogP contribution in [0.25, 0.3) is 0 Å². The third-order valence-electron chi connectivity index (χ3n) is 2.53. The van der Waals surface area contributed by atoms with Gasteiger partial charge in [0.05, 0.1) is 13.2 Å². The van der Waals surface area contributed by atoms with E-state index in [1.165, 1.54) is 0 Å². The van der Waals surface area contributed by atoms with Gasteiger partial charge in [0, 0.05) is 12.3 Å². The smallest absolute Gasteiger partial charge is 0.166 e. The first-order valence-electron chi connectivity index (χ1n) is 4.30. The molecule has 13 heavy (non-hydrogen) atoms. The number of ether oxygens (including phenoxy) is 2. The Kier molecular flexibility index (Phi) is 2.19. The Morgan fingerprint density at radius 2 is 2.38 bits per heavy atom. The number of fused-ring (bicyclic) bond motifs is 1. The van der Waals surface area contributed by atoms with Crippen molar-refractivity contribution in [2.24, 2.45) is 5.92 Å². The summed E-state index contributed by atoms with van der Waals surface area (Å²) in [4.78, 5) is 11.3. The highest BCUT2D eigenvalue weighted by molar-refractivity contribution is 5.84. The van der Waals surface area contributed by atoms with Crippen molar-refractivity contribution >= 4 is 5.78 Å². The lowest BCUT2D eigenvalue weighted by Gasteiger charge is -2.29. The maximum Gasteiger partial charge on any atom is 0.166 e. The number of carbonyl (C=O) groups excluding carboxylic acids is 1. The zero-order valence-corrected chi connectivity index (χ0v) is 7.23. The second-order valence-electron chi connectivity index (χ2n) is 3.42. The van der Waals surface area contributed by atoms with Gasteiger partial charge in [0.2, 0.25) is 0 Å². The van der Waals surface area contributed by atoms with Gasteiger partial charge in [-0.2, -0.15) is 0 Å². The molecule has 2 aliphatic heterocycles. The van der Waals surface area contributed by atoms with Gasteiger partial charge in [-0.05, 0) is 5.57 Å². The van der Waals surface area contributed by atoms with Crippen LogP contribution < -0.4 is 0 Å². The van der Waals surface area contributed by atoms with Crippen LogP contribution >= 0.6 is 0 Å². The van der Waals surface area contributed by atoms with Crippen LogP contribution in [0.4, 0.5) is 0 Å². The summed E-state index contributed by atoms with van der Waals surface area (Å²) < 4.78 is 10.5. The molecule has 2 heterocycles. The Labute approximate surface area is 76.1 Å². The average Bonchev–Trinajstić information content (AvgIpc) is 2.47. The number of aliphatic hydroxyl groups is 1. The third kappa shape index (κ3) is 1.41. The lowest BCUT2D eigenvalue weighted by Crippen LogP contribution is -2.42. The van der Waals surface area contributed by atoms with E-state index in [0.717, 1.165) is 5.57 Å². The highest BCUT2D eigenvalue weighted by Crippen LogP contribution is 2.34. The molecule has 0 amide bonds. The molecule has 0 unspecified atom stereocenters. The maximum absolute atomic E-state index is 11.3. The lowest BCUT2D eigenvalue weighted by atomic mass is 9.92. The van der Waals surface area contributed by atoms with E-state index in [-0.39, 0.29) is 24.6 Å². The summed E-state index contributed by atoms with van der Waals surface area (Å²) in [6.07, 6.45) is -0.691. The monoisotopic (exact) mass is 184 g/mol. The topological polar surface area (TPSA) is 55.8 Å². The molecule has 2 rings (SSSR count). The summed E-state index contributed by atoms with van der Waals surface area (Å²) in [6, 6.07) is 0. The highest BCUT2D eigenvalue weighted by Gasteiger charge is 2.42. The van der Waals surface area contributed by atoms with Gasteiger partial charge in [0.25, 0.3) is 0 Å². The van der Waals surface area contributed by atoms with E-state index in [9.17, 15) is 4.79 Å². The van der Waals surface area contributed by atoms with E-state index in [1.807, 2.05) is 0 Å². The SMILES string of the molecule is C=C1CO[C@H]2O[C@H](CO)C(=O)C[C@@H]12. The predicted molar refractivity (Wildman–Crippen MR) is 44.0 cm³/mol. The summed E-state index contributed by atoms with van der Waals surface area (Å²) in [7, 11) is 0. The van der Waals surface area contributed by atoms with Gasteiger partial charge in [0.15, 0.2) is 12.1 Å². The van der Waals surface area contributed by atoms with Crippen LogP contribution in [0.3, 0.4) is 0 Å². The molecule has 2 aliphatic rings. The van der Waals surface area contributed by atoms with Gasteiger partial charge < -0.3 is 14.6 Å². The van der Waals surface area contributed by atoms with Crippen molar-refractivity contribution in [3.63, 3.8) is 0 Å². The fraction of sp³-hybridized carbons (Fsp3) is 0.667. The molecule has 1 N–H and O–H groups in total. The molecular weight excluding hydrogens is 172 g/mol. The number of rotatable bonds is 1. The summed E-state index contributed by atoms with van der Waals surface area (Å²) in [5, 5.41) is 8.82. The van der Waals surface area contributed by atoms with Crippen LogP contribution in [0.1, 0.15) is 6.42 Å². The third-order valence-corrected chi connectivity index (χ3v) is 2.53. The van der Waals surface area contributed by atoms with E-state index in [4.69, 9.17) is 14.6 Å². The first kappa shape index (κ1) is 8.87. The number of aliphatic hydroxyl groups excluding tert-OH is 1. The van der Waals surface area contributed by atoms with E-state index < -0.39 is 6.10 Å². The molecule has 4 heteroatoms. The van der Waals surface area contributed by atoms with Crippen molar-refractivity contribution in [2.75, 3.05) is 13.2 Å². The number of hydrogen-bond acceptors (Lipinski definition) is 4. The zero-order valence-electron chi connectivity index (χ0n) is 7.23. The molecule has 3 atom stereocenters. The van der Waals surface area contributed by atoms with E-state index in [1.54, 1.807) is 0 Å². The quantitative estimate of drug-likeness (QED) is 0.576. The molecule has 4 nitrogen and oxygen atoms in total. The standard InChI is InChI=1S/C9H12O4/c1-5-4-12-9-6(5)2-7(11)8(3-10)13-9/h6,8-10H,1-4H2/t6-,8+,9-/m0/s1. The number of ketones is 1. The van der Waals surface area contributed by atoms with Crippen molar-refractivity contribution in [3.05, 3.63) is 12.2 Å². The fourth-order valence-corrected chi connectivity index (χ4v) is 1.71. The van der Waals surface area contributed by atoms with Crippen molar-refractivity contribution in [3.8, 4) is 0 Å². The number of carbonyl (C=O) groups is 1. The van der Waals surface area contributed by atoms with Gasteiger partial charge in [-0.15, -0.1) is 0 Å². The first-order valence-corrected chi connectivity index (χ1v) is 4.30. The first-order chi connectivity index (χ1) is 6.22. The number of hydrogen-bond donors (Lipinski definition) is 1. The molecular formula is C9H12O4. The maximum atomic E-state index is 11.3. The van der Waals surface area contributed by atoms with Gasteiger partial charge in [-0.3, -0.25) is 4.79 Å². The second-order valence-corrected chi connectivity index (χ2v) is 3.42. The molecule has 0 aromatic carbocycles. The molecule has 0 bridgehead atoms. The average molecular weight is 184 g/mol.